The first-order chi connectivity index (χ1) is 10.6. The molecule has 0 bridgehead atoms. The van der Waals surface area contributed by atoms with Gasteiger partial charge in [-0.2, -0.15) is 0 Å². The molecule has 0 radical (unpaired) electrons. The topological polar surface area (TPSA) is 32.3 Å². The third-order valence-electron chi connectivity index (χ3n) is 3.60. The van der Waals surface area contributed by atoms with Gasteiger partial charge in [-0.15, -0.1) is 0 Å². The zero-order valence-electron chi connectivity index (χ0n) is 13.0. The van der Waals surface area contributed by atoms with E-state index in [1.165, 1.54) is 5.56 Å². The van der Waals surface area contributed by atoms with Gasteiger partial charge in [-0.3, -0.25) is 9.69 Å². The lowest BCUT2D eigenvalue weighted by Gasteiger charge is -2.18. The van der Waals surface area contributed by atoms with Gasteiger partial charge < -0.3 is 5.32 Å². The molecule has 4 heteroatoms. The number of nitrogens with zero attached hydrogens (tertiary/aromatic N) is 1. The van der Waals surface area contributed by atoms with Crippen molar-refractivity contribution in [3.05, 3.63) is 63.2 Å². The van der Waals surface area contributed by atoms with Crippen molar-refractivity contribution >= 4 is 34.2 Å². The van der Waals surface area contributed by atoms with Gasteiger partial charge in [0.15, 0.2) is 0 Å². The molecule has 0 unspecified atom stereocenters. The van der Waals surface area contributed by atoms with Crippen LogP contribution in [0.15, 0.2) is 48.5 Å². The van der Waals surface area contributed by atoms with Crippen LogP contribution in [0.25, 0.3) is 0 Å². The molecule has 0 aliphatic heterocycles. The average Bonchev–Trinajstić information content (AvgIpc) is 2.53. The largest absolute Gasteiger partial charge is 0.322 e. The molecule has 0 saturated heterocycles. The molecular formula is C18H21IN2O. The highest BCUT2D eigenvalue weighted by molar-refractivity contribution is 14.1. The number of nitrogens with one attached hydrogen (secondary N) is 1. The van der Waals surface area contributed by atoms with Gasteiger partial charge in [-0.25, -0.2) is 0 Å². The summed E-state index contributed by atoms with van der Waals surface area (Å²) >= 11 is 2.18. The van der Waals surface area contributed by atoms with Crippen molar-refractivity contribution in [2.75, 3.05) is 18.4 Å². The molecule has 0 spiro atoms. The first-order valence-corrected chi connectivity index (χ1v) is 8.59. The van der Waals surface area contributed by atoms with E-state index in [0.29, 0.717) is 5.56 Å². The van der Waals surface area contributed by atoms with E-state index in [-0.39, 0.29) is 5.91 Å². The highest BCUT2D eigenvalue weighted by Crippen LogP contribution is 2.16. The second kappa shape index (κ2) is 8.29. The number of rotatable bonds is 6. The predicted molar refractivity (Wildman–Crippen MR) is 100 cm³/mol. The first kappa shape index (κ1) is 17.0. The molecule has 3 nitrogen and oxygen atoms in total. The maximum atomic E-state index is 12.4. The number of anilines is 1. The van der Waals surface area contributed by atoms with Crippen LogP contribution >= 0.6 is 22.6 Å². The molecule has 116 valence electrons. The minimum absolute atomic E-state index is 0.0648. The van der Waals surface area contributed by atoms with Gasteiger partial charge >= 0.3 is 0 Å². The van der Waals surface area contributed by atoms with Gasteiger partial charge in [0.1, 0.15) is 0 Å². The summed E-state index contributed by atoms with van der Waals surface area (Å²) in [7, 11) is 0. The van der Waals surface area contributed by atoms with Crippen molar-refractivity contribution in [3.8, 4) is 0 Å². The van der Waals surface area contributed by atoms with Crippen LogP contribution in [-0.4, -0.2) is 23.9 Å². The Morgan fingerprint density at radius 3 is 2.50 bits per heavy atom. The van der Waals surface area contributed by atoms with Crippen molar-refractivity contribution in [1.29, 1.82) is 0 Å². The highest BCUT2D eigenvalue weighted by Gasteiger charge is 2.10. The summed E-state index contributed by atoms with van der Waals surface area (Å²) in [6, 6.07) is 15.7. The molecular weight excluding hydrogens is 387 g/mol. The molecule has 1 amide bonds. The number of halogens is 1. The molecule has 2 aromatic rings. The minimum atomic E-state index is -0.0648. The van der Waals surface area contributed by atoms with Gasteiger partial charge in [0, 0.05) is 15.8 Å². The number of benzene rings is 2. The van der Waals surface area contributed by atoms with E-state index in [1.807, 2.05) is 42.5 Å². The summed E-state index contributed by atoms with van der Waals surface area (Å²) in [6.45, 7) is 7.27. The van der Waals surface area contributed by atoms with Gasteiger partial charge in [0.05, 0.1) is 5.56 Å². The van der Waals surface area contributed by atoms with Crippen LogP contribution < -0.4 is 5.32 Å². The maximum Gasteiger partial charge on any atom is 0.256 e. The predicted octanol–water partition coefficient (Wildman–Crippen LogP) is 4.39. The van der Waals surface area contributed by atoms with E-state index in [2.05, 4.69) is 52.7 Å². The third-order valence-corrected chi connectivity index (χ3v) is 4.54. The lowest BCUT2D eigenvalue weighted by molar-refractivity contribution is 0.102. The van der Waals surface area contributed by atoms with E-state index < -0.39 is 0 Å². The first-order valence-electron chi connectivity index (χ1n) is 7.51. The van der Waals surface area contributed by atoms with Gasteiger partial charge in [0.25, 0.3) is 5.91 Å². The van der Waals surface area contributed by atoms with Crippen molar-refractivity contribution in [1.82, 2.24) is 4.90 Å². The summed E-state index contributed by atoms with van der Waals surface area (Å²) in [5, 5.41) is 2.99. The number of hydrogen-bond acceptors (Lipinski definition) is 2. The quantitative estimate of drug-likeness (QED) is 0.720. The van der Waals surface area contributed by atoms with Crippen molar-refractivity contribution in [2.45, 2.75) is 20.4 Å². The Bertz CT molecular complexity index is 638. The Kier molecular flexibility index (Phi) is 6.39. The van der Waals surface area contributed by atoms with Crippen molar-refractivity contribution in [3.63, 3.8) is 0 Å². The smallest absolute Gasteiger partial charge is 0.256 e. The standard InChI is InChI=1S/C18H21IN2O/c1-3-21(4-2)13-14-8-7-9-15(12-14)20-18(22)16-10-5-6-11-17(16)19/h5-12H,3-4,13H2,1-2H3,(H,20,22). The Balaban J connectivity index is 2.10. The van der Waals surface area contributed by atoms with E-state index in [9.17, 15) is 4.79 Å². The van der Waals surface area contributed by atoms with E-state index in [1.54, 1.807) is 0 Å². The van der Waals surface area contributed by atoms with E-state index in [4.69, 9.17) is 0 Å². The lowest BCUT2D eigenvalue weighted by atomic mass is 10.1. The second-order valence-corrected chi connectivity index (χ2v) is 6.26. The molecule has 0 heterocycles. The summed E-state index contributed by atoms with van der Waals surface area (Å²) in [4.78, 5) is 14.7. The fourth-order valence-electron chi connectivity index (χ4n) is 2.30. The molecule has 0 aromatic heterocycles. The van der Waals surface area contributed by atoms with Gasteiger partial charge in [-0.1, -0.05) is 38.1 Å². The summed E-state index contributed by atoms with van der Waals surface area (Å²) in [5.41, 5.74) is 2.76. The van der Waals surface area contributed by atoms with Crippen LogP contribution in [0.5, 0.6) is 0 Å². The molecule has 0 atom stereocenters. The summed E-state index contributed by atoms with van der Waals surface area (Å²) < 4.78 is 0.955. The number of amides is 1. The van der Waals surface area contributed by atoms with Crippen LogP contribution in [0.3, 0.4) is 0 Å². The summed E-state index contributed by atoms with van der Waals surface area (Å²) in [5.74, 6) is -0.0648. The van der Waals surface area contributed by atoms with Gasteiger partial charge in [0.2, 0.25) is 0 Å². The third kappa shape index (κ3) is 4.55. The molecule has 2 aromatic carbocycles. The number of carbonyl (C=O) groups excluding carboxylic acids is 1. The molecule has 22 heavy (non-hydrogen) atoms. The van der Waals surface area contributed by atoms with E-state index >= 15 is 0 Å². The SMILES string of the molecule is CCN(CC)Cc1cccc(NC(=O)c2ccccc2I)c1. The highest BCUT2D eigenvalue weighted by atomic mass is 127. The average molecular weight is 408 g/mol. The second-order valence-electron chi connectivity index (χ2n) is 5.10. The van der Waals surface area contributed by atoms with Crippen LogP contribution in [0.4, 0.5) is 5.69 Å². The number of carbonyl (C=O) groups is 1. The van der Waals surface area contributed by atoms with Crippen molar-refractivity contribution in [2.24, 2.45) is 0 Å². The van der Waals surface area contributed by atoms with E-state index in [0.717, 1.165) is 28.9 Å². The Labute approximate surface area is 145 Å². The Morgan fingerprint density at radius 1 is 1.09 bits per heavy atom. The normalized spacial score (nSPS) is 10.7. The Morgan fingerprint density at radius 2 is 1.82 bits per heavy atom. The maximum absolute atomic E-state index is 12.4. The summed E-state index contributed by atoms with van der Waals surface area (Å²) in [6.07, 6.45) is 0. The molecule has 0 aliphatic carbocycles. The monoisotopic (exact) mass is 408 g/mol. The molecule has 0 fully saturated rings. The molecule has 1 N–H and O–H groups in total. The fraction of sp³-hybridized carbons (Fsp3) is 0.278. The van der Waals surface area contributed by atoms with Crippen LogP contribution in [-0.2, 0) is 6.54 Å². The van der Waals surface area contributed by atoms with Crippen molar-refractivity contribution < 1.29 is 4.79 Å². The van der Waals surface area contributed by atoms with Gasteiger partial charge in [-0.05, 0) is 65.5 Å². The molecule has 2 rings (SSSR count). The Hall–Kier alpha value is -1.40. The zero-order valence-corrected chi connectivity index (χ0v) is 15.1. The van der Waals surface area contributed by atoms with Crippen LogP contribution in [0.2, 0.25) is 0 Å². The van der Waals surface area contributed by atoms with Crippen LogP contribution in [0.1, 0.15) is 29.8 Å². The van der Waals surface area contributed by atoms with Crippen LogP contribution in [0, 0.1) is 3.57 Å². The number of hydrogen-bond donors (Lipinski definition) is 1. The molecule has 0 saturated carbocycles. The fourth-order valence-corrected chi connectivity index (χ4v) is 2.93. The minimum Gasteiger partial charge on any atom is -0.322 e. The zero-order chi connectivity index (χ0) is 15.9. The lowest BCUT2D eigenvalue weighted by Crippen LogP contribution is -2.22. The molecule has 0 aliphatic rings.